The number of rotatable bonds is 6. The number of hydrogen-bond donors (Lipinski definition) is 0. The number of fused-ring (bicyclic) bond motifs is 1. The molecular weight excluding hydrogens is 316 g/mol. The van der Waals surface area contributed by atoms with Gasteiger partial charge in [0.1, 0.15) is 12.4 Å². The van der Waals surface area contributed by atoms with Crippen LogP contribution in [-0.2, 0) is 16.1 Å². The van der Waals surface area contributed by atoms with E-state index in [0.717, 1.165) is 22.1 Å². The Morgan fingerprint density at radius 1 is 0.880 bits per heavy atom. The van der Waals surface area contributed by atoms with Crippen molar-refractivity contribution in [2.45, 2.75) is 13.5 Å². The maximum Gasteiger partial charge on any atom is 0.379 e. The summed E-state index contributed by atoms with van der Waals surface area (Å²) in [6.45, 7) is 2.34. The smallest absolute Gasteiger partial charge is 0.379 e. The Kier molecular flexibility index (Phi) is 5.09. The van der Waals surface area contributed by atoms with E-state index in [-0.39, 0.29) is 6.61 Å². The molecule has 126 valence electrons. The molecule has 0 aromatic heterocycles. The van der Waals surface area contributed by atoms with E-state index >= 15 is 0 Å². The summed E-state index contributed by atoms with van der Waals surface area (Å²) in [5.74, 6) is -0.710. The molecule has 0 unspecified atom stereocenters. The van der Waals surface area contributed by atoms with E-state index in [2.05, 4.69) is 0 Å². The van der Waals surface area contributed by atoms with Crippen LogP contribution in [0, 0.1) is 0 Å². The molecular formula is C21H18O4. The van der Waals surface area contributed by atoms with Gasteiger partial charge in [0.05, 0.1) is 6.61 Å². The van der Waals surface area contributed by atoms with Crippen LogP contribution in [0.4, 0.5) is 0 Å². The van der Waals surface area contributed by atoms with Gasteiger partial charge < -0.3 is 9.47 Å². The minimum atomic E-state index is -0.829. The van der Waals surface area contributed by atoms with Gasteiger partial charge in [-0.3, -0.25) is 4.79 Å². The number of ether oxygens (including phenoxy) is 2. The van der Waals surface area contributed by atoms with E-state index in [1.165, 1.54) is 0 Å². The van der Waals surface area contributed by atoms with Crippen LogP contribution in [0.2, 0.25) is 0 Å². The third kappa shape index (κ3) is 4.04. The summed E-state index contributed by atoms with van der Waals surface area (Å²) in [7, 11) is 0. The molecule has 0 radical (unpaired) electrons. The normalized spacial score (nSPS) is 10.4. The monoisotopic (exact) mass is 334 g/mol. The van der Waals surface area contributed by atoms with E-state index in [4.69, 9.17) is 9.47 Å². The van der Waals surface area contributed by atoms with Gasteiger partial charge in [0.25, 0.3) is 5.78 Å². The Hall–Kier alpha value is -3.14. The van der Waals surface area contributed by atoms with E-state index in [0.29, 0.717) is 12.2 Å². The summed E-state index contributed by atoms with van der Waals surface area (Å²) in [5, 5.41) is 1.80. The highest BCUT2D eigenvalue weighted by atomic mass is 16.5. The molecule has 0 fully saturated rings. The van der Waals surface area contributed by atoms with Crippen molar-refractivity contribution >= 4 is 22.5 Å². The van der Waals surface area contributed by atoms with Crippen molar-refractivity contribution in [2.75, 3.05) is 6.61 Å². The van der Waals surface area contributed by atoms with Crippen molar-refractivity contribution in [3.8, 4) is 5.75 Å². The maximum atomic E-state index is 12.0. The quantitative estimate of drug-likeness (QED) is 0.386. The molecule has 0 N–H and O–H groups in total. The second-order valence-corrected chi connectivity index (χ2v) is 5.55. The number of hydrogen-bond acceptors (Lipinski definition) is 4. The van der Waals surface area contributed by atoms with Crippen LogP contribution >= 0.6 is 0 Å². The Balaban J connectivity index is 1.76. The summed E-state index contributed by atoms with van der Waals surface area (Å²) < 4.78 is 10.6. The van der Waals surface area contributed by atoms with Crippen molar-refractivity contribution in [1.82, 2.24) is 0 Å². The fourth-order valence-corrected chi connectivity index (χ4v) is 2.51. The lowest BCUT2D eigenvalue weighted by Gasteiger charge is -2.08. The molecule has 0 aliphatic carbocycles. The van der Waals surface area contributed by atoms with Crippen LogP contribution in [0.15, 0.2) is 66.7 Å². The zero-order chi connectivity index (χ0) is 17.6. The standard InChI is InChI=1S/C21H18O4/c1-2-24-21(23)20(22)18-9-8-17-13-19(11-10-16(17)12-18)25-14-15-6-4-3-5-7-15/h3-13H,2,14H2,1H3. The first-order chi connectivity index (χ1) is 12.2. The Morgan fingerprint density at radius 2 is 1.60 bits per heavy atom. The lowest BCUT2D eigenvalue weighted by atomic mass is 10.0. The van der Waals surface area contributed by atoms with E-state index in [9.17, 15) is 9.59 Å². The van der Waals surface area contributed by atoms with E-state index in [1.54, 1.807) is 25.1 Å². The minimum absolute atomic E-state index is 0.181. The number of benzene rings is 3. The number of carbonyl (C=O) groups is 2. The van der Waals surface area contributed by atoms with Crippen LogP contribution in [0.25, 0.3) is 10.8 Å². The van der Waals surface area contributed by atoms with Gasteiger partial charge >= 0.3 is 5.97 Å². The molecule has 0 saturated heterocycles. The lowest BCUT2D eigenvalue weighted by molar-refractivity contribution is -0.137. The average molecular weight is 334 g/mol. The van der Waals surface area contributed by atoms with Gasteiger partial charge in [-0.15, -0.1) is 0 Å². The molecule has 25 heavy (non-hydrogen) atoms. The van der Waals surface area contributed by atoms with Gasteiger partial charge in [-0.25, -0.2) is 4.79 Å². The zero-order valence-corrected chi connectivity index (χ0v) is 13.9. The molecule has 0 amide bonds. The predicted molar refractivity (Wildman–Crippen MR) is 95.7 cm³/mol. The van der Waals surface area contributed by atoms with Gasteiger partial charge in [0, 0.05) is 5.56 Å². The highest BCUT2D eigenvalue weighted by molar-refractivity contribution is 6.40. The molecule has 0 aliphatic rings. The number of esters is 1. The molecule has 3 aromatic rings. The van der Waals surface area contributed by atoms with Crippen molar-refractivity contribution in [3.63, 3.8) is 0 Å². The van der Waals surface area contributed by atoms with Crippen molar-refractivity contribution < 1.29 is 19.1 Å². The highest BCUT2D eigenvalue weighted by Crippen LogP contribution is 2.23. The van der Waals surface area contributed by atoms with Crippen molar-refractivity contribution in [2.24, 2.45) is 0 Å². The summed E-state index contributed by atoms with van der Waals surface area (Å²) in [6.07, 6.45) is 0. The number of carbonyl (C=O) groups excluding carboxylic acids is 2. The summed E-state index contributed by atoms with van der Waals surface area (Å²) in [5.41, 5.74) is 1.42. The average Bonchev–Trinajstić information content (AvgIpc) is 2.66. The topological polar surface area (TPSA) is 52.6 Å². The molecule has 4 heteroatoms. The van der Waals surface area contributed by atoms with Crippen LogP contribution in [0.1, 0.15) is 22.8 Å². The van der Waals surface area contributed by atoms with Crippen LogP contribution in [0.3, 0.4) is 0 Å². The van der Waals surface area contributed by atoms with Crippen molar-refractivity contribution in [3.05, 3.63) is 77.9 Å². The first kappa shape index (κ1) is 16.7. The van der Waals surface area contributed by atoms with Gasteiger partial charge in [0.2, 0.25) is 0 Å². The second kappa shape index (κ2) is 7.62. The predicted octanol–water partition coefficient (Wildman–Crippen LogP) is 4.16. The molecule has 0 aliphatic heterocycles. The van der Waals surface area contributed by atoms with E-state index < -0.39 is 11.8 Å². The van der Waals surface area contributed by atoms with Gasteiger partial charge in [-0.2, -0.15) is 0 Å². The van der Waals surface area contributed by atoms with Crippen LogP contribution in [0.5, 0.6) is 5.75 Å². The minimum Gasteiger partial charge on any atom is -0.489 e. The fourth-order valence-electron chi connectivity index (χ4n) is 2.51. The fraction of sp³-hybridized carbons (Fsp3) is 0.143. The summed E-state index contributed by atoms with van der Waals surface area (Å²) in [4.78, 5) is 23.6. The summed E-state index contributed by atoms with van der Waals surface area (Å²) in [6, 6.07) is 20.7. The molecule has 0 spiro atoms. The molecule has 0 saturated carbocycles. The largest absolute Gasteiger partial charge is 0.489 e. The first-order valence-corrected chi connectivity index (χ1v) is 8.09. The van der Waals surface area contributed by atoms with E-state index in [1.807, 2.05) is 48.5 Å². The molecule has 0 bridgehead atoms. The lowest BCUT2D eigenvalue weighted by Crippen LogP contribution is -2.17. The highest BCUT2D eigenvalue weighted by Gasteiger charge is 2.17. The molecule has 4 nitrogen and oxygen atoms in total. The van der Waals surface area contributed by atoms with Gasteiger partial charge in [0.15, 0.2) is 0 Å². The molecule has 3 rings (SSSR count). The molecule has 0 atom stereocenters. The SMILES string of the molecule is CCOC(=O)C(=O)c1ccc2cc(OCc3ccccc3)ccc2c1. The van der Waals surface area contributed by atoms with Gasteiger partial charge in [-0.1, -0.05) is 48.5 Å². The number of Topliss-reactive ketones (excluding diaryl/α,β-unsaturated/α-hetero) is 1. The Labute approximate surface area is 146 Å². The third-order valence-corrected chi connectivity index (χ3v) is 3.78. The van der Waals surface area contributed by atoms with Crippen LogP contribution < -0.4 is 4.74 Å². The first-order valence-electron chi connectivity index (χ1n) is 8.09. The maximum absolute atomic E-state index is 12.0. The third-order valence-electron chi connectivity index (χ3n) is 3.78. The number of ketones is 1. The zero-order valence-electron chi connectivity index (χ0n) is 13.9. The molecule has 0 heterocycles. The Bertz CT molecular complexity index is 900. The summed E-state index contributed by atoms with van der Waals surface area (Å²) >= 11 is 0. The van der Waals surface area contributed by atoms with Gasteiger partial charge in [-0.05, 0) is 41.5 Å². The molecule has 3 aromatic carbocycles. The van der Waals surface area contributed by atoms with Crippen LogP contribution in [-0.4, -0.2) is 18.4 Å². The Morgan fingerprint density at radius 3 is 2.36 bits per heavy atom. The second-order valence-electron chi connectivity index (χ2n) is 5.55. The van der Waals surface area contributed by atoms with Crippen molar-refractivity contribution in [1.29, 1.82) is 0 Å².